The number of sulfone groups is 1. The Morgan fingerprint density at radius 3 is 2.73 bits per heavy atom. The molecule has 2 unspecified atom stereocenters. The topological polar surface area (TPSA) is 70.6 Å². The number of pyridine rings is 1. The Labute approximate surface area is 156 Å². The van der Waals surface area contributed by atoms with Crippen LogP contribution in [-0.4, -0.2) is 60.9 Å². The van der Waals surface area contributed by atoms with E-state index in [-0.39, 0.29) is 23.5 Å². The van der Waals surface area contributed by atoms with Gasteiger partial charge < -0.3 is 9.80 Å². The predicted molar refractivity (Wildman–Crippen MR) is 103 cm³/mol. The highest BCUT2D eigenvalue weighted by Crippen LogP contribution is 2.27. The summed E-state index contributed by atoms with van der Waals surface area (Å²) in [7, 11) is -3.02. The molecule has 0 bridgehead atoms. The predicted octanol–water partition coefficient (Wildman–Crippen LogP) is 2.50. The molecule has 3 rings (SSSR count). The van der Waals surface area contributed by atoms with E-state index in [1.807, 2.05) is 19.2 Å². The van der Waals surface area contributed by atoms with Crippen LogP contribution in [0.4, 0.5) is 5.69 Å². The Hall–Kier alpha value is -1.63. The summed E-state index contributed by atoms with van der Waals surface area (Å²) < 4.78 is 23.6. The average Bonchev–Trinajstić information content (AvgIpc) is 3.01. The van der Waals surface area contributed by atoms with Crippen molar-refractivity contribution in [1.29, 1.82) is 0 Å². The fourth-order valence-electron chi connectivity index (χ4n) is 4.22. The summed E-state index contributed by atoms with van der Waals surface area (Å²) in [6, 6.07) is 2.20. The number of nitrogens with zero attached hydrogens (tertiary/aromatic N) is 3. The summed E-state index contributed by atoms with van der Waals surface area (Å²) in [5, 5.41) is 0. The number of anilines is 1. The molecule has 0 saturated carbocycles. The molecule has 6 nitrogen and oxygen atoms in total. The Kier molecular flexibility index (Phi) is 5.85. The molecule has 7 heteroatoms. The van der Waals surface area contributed by atoms with Crippen molar-refractivity contribution in [2.24, 2.45) is 0 Å². The zero-order valence-electron chi connectivity index (χ0n) is 15.7. The standard InChI is InChI=1S/C19H29N3O3S/c1-3-16-7-5-6-9-22(16)18-11-15(12-20-13-18)19(23)21(4-2)17-8-10-26(24,25)14-17/h11-13,16-17H,3-10,14H2,1-2H3. The first-order valence-corrected chi connectivity index (χ1v) is 11.5. The maximum absolute atomic E-state index is 13.0. The molecule has 0 aliphatic carbocycles. The first-order valence-electron chi connectivity index (χ1n) is 9.68. The van der Waals surface area contributed by atoms with Gasteiger partial charge in [-0.3, -0.25) is 9.78 Å². The van der Waals surface area contributed by atoms with Crippen molar-refractivity contribution in [1.82, 2.24) is 9.88 Å². The first kappa shape index (κ1) is 19.1. The van der Waals surface area contributed by atoms with Gasteiger partial charge in [0, 0.05) is 31.4 Å². The lowest BCUT2D eigenvalue weighted by Crippen LogP contribution is -2.41. The van der Waals surface area contributed by atoms with Crippen molar-refractivity contribution in [3.8, 4) is 0 Å². The van der Waals surface area contributed by atoms with E-state index in [1.165, 1.54) is 12.8 Å². The van der Waals surface area contributed by atoms with Crippen LogP contribution in [0.25, 0.3) is 0 Å². The molecule has 0 spiro atoms. The summed E-state index contributed by atoms with van der Waals surface area (Å²) in [6.07, 6.45) is 8.63. The van der Waals surface area contributed by atoms with Gasteiger partial charge in [-0.15, -0.1) is 0 Å². The summed E-state index contributed by atoms with van der Waals surface area (Å²) >= 11 is 0. The molecule has 2 aliphatic rings. The number of carbonyl (C=O) groups excluding carboxylic acids is 1. The van der Waals surface area contributed by atoms with Crippen molar-refractivity contribution in [2.45, 2.75) is 58.0 Å². The van der Waals surface area contributed by atoms with E-state index in [9.17, 15) is 13.2 Å². The van der Waals surface area contributed by atoms with Gasteiger partial charge in [-0.25, -0.2) is 8.42 Å². The molecule has 2 aliphatic heterocycles. The minimum Gasteiger partial charge on any atom is -0.367 e. The summed E-state index contributed by atoms with van der Waals surface area (Å²) in [5.74, 6) is 0.129. The fraction of sp³-hybridized carbons (Fsp3) is 0.684. The van der Waals surface area contributed by atoms with E-state index in [4.69, 9.17) is 0 Å². The minimum atomic E-state index is -3.02. The SMILES string of the molecule is CCC1CCCCN1c1cncc(C(=O)N(CC)C2CCS(=O)(=O)C2)c1. The lowest BCUT2D eigenvalue weighted by Gasteiger charge is -2.37. The van der Waals surface area contributed by atoms with Gasteiger partial charge in [0.1, 0.15) is 0 Å². The lowest BCUT2D eigenvalue weighted by molar-refractivity contribution is 0.0708. The third kappa shape index (κ3) is 4.03. The van der Waals surface area contributed by atoms with Crippen molar-refractivity contribution >= 4 is 21.4 Å². The molecule has 2 atom stereocenters. The number of aromatic nitrogens is 1. The Balaban J connectivity index is 1.81. The largest absolute Gasteiger partial charge is 0.367 e. The normalized spacial score (nSPS) is 25.2. The molecule has 1 aromatic heterocycles. The van der Waals surface area contributed by atoms with Gasteiger partial charge in [0.05, 0.1) is 29.0 Å². The van der Waals surface area contributed by atoms with Crippen LogP contribution in [0.5, 0.6) is 0 Å². The monoisotopic (exact) mass is 379 g/mol. The van der Waals surface area contributed by atoms with Crippen molar-refractivity contribution in [2.75, 3.05) is 29.5 Å². The van der Waals surface area contributed by atoms with Gasteiger partial charge in [-0.1, -0.05) is 6.92 Å². The van der Waals surface area contributed by atoms with E-state index in [0.717, 1.165) is 25.1 Å². The van der Waals surface area contributed by atoms with E-state index in [1.54, 1.807) is 11.1 Å². The van der Waals surface area contributed by atoms with Crippen LogP contribution < -0.4 is 4.90 Å². The van der Waals surface area contributed by atoms with Gasteiger partial charge in [0.25, 0.3) is 5.91 Å². The number of hydrogen-bond donors (Lipinski definition) is 0. The van der Waals surface area contributed by atoms with Gasteiger partial charge in [0.2, 0.25) is 0 Å². The average molecular weight is 380 g/mol. The van der Waals surface area contributed by atoms with Gasteiger partial charge in [-0.2, -0.15) is 0 Å². The fourth-order valence-corrected chi connectivity index (χ4v) is 5.95. The summed E-state index contributed by atoms with van der Waals surface area (Å²) in [6.45, 7) is 5.60. The molecular weight excluding hydrogens is 350 g/mol. The van der Waals surface area contributed by atoms with E-state index < -0.39 is 9.84 Å². The number of carbonyl (C=O) groups is 1. The number of hydrogen-bond acceptors (Lipinski definition) is 5. The van der Waals surface area contributed by atoms with Crippen LogP contribution in [0, 0.1) is 0 Å². The zero-order valence-corrected chi connectivity index (χ0v) is 16.5. The molecule has 2 fully saturated rings. The van der Waals surface area contributed by atoms with Crippen LogP contribution in [-0.2, 0) is 9.84 Å². The van der Waals surface area contributed by atoms with Gasteiger partial charge in [-0.05, 0) is 45.1 Å². The molecular formula is C19H29N3O3S. The third-order valence-corrected chi connectivity index (χ3v) is 7.40. The molecule has 0 radical (unpaired) electrons. The van der Waals surface area contributed by atoms with Crippen LogP contribution in [0.2, 0.25) is 0 Å². The second kappa shape index (κ2) is 7.94. The number of rotatable bonds is 5. The highest BCUT2D eigenvalue weighted by Gasteiger charge is 2.34. The highest BCUT2D eigenvalue weighted by molar-refractivity contribution is 7.91. The van der Waals surface area contributed by atoms with Crippen molar-refractivity contribution < 1.29 is 13.2 Å². The van der Waals surface area contributed by atoms with Crippen molar-refractivity contribution in [3.05, 3.63) is 24.0 Å². The second-order valence-corrected chi connectivity index (χ2v) is 9.56. The molecule has 0 aromatic carbocycles. The summed E-state index contributed by atoms with van der Waals surface area (Å²) in [4.78, 5) is 21.4. The maximum atomic E-state index is 13.0. The third-order valence-electron chi connectivity index (χ3n) is 5.65. The van der Waals surface area contributed by atoms with Crippen LogP contribution in [0.15, 0.2) is 18.5 Å². The molecule has 2 saturated heterocycles. The number of piperidine rings is 1. The van der Waals surface area contributed by atoms with Crippen LogP contribution in [0.3, 0.4) is 0 Å². The van der Waals surface area contributed by atoms with Gasteiger partial charge in [0.15, 0.2) is 9.84 Å². The van der Waals surface area contributed by atoms with Crippen molar-refractivity contribution in [3.63, 3.8) is 0 Å². The molecule has 0 N–H and O–H groups in total. The zero-order chi connectivity index (χ0) is 18.7. The molecule has 144 valence electrons. The minimum absolute atomic E-state index is 0.0731. The van der Waals surface area contributed by atoms with Crippen LogP contribution in [0.1, 0.15) is 56.3 Å². The quantitative estimate of drug-likeness (QED) is 0.786. The van der Waals surface area contributed by atoms with Crippen LogP contribution >= 0.6 is 0 Å². The molecule has 3 heterocycles. The Bertz CT molecular complexity index is 750. The Morgan fingerprint density at radius 2 is 2.08 bits per heavy atom. The van der Waals surface area contributed by atoms with E-state index >= 15 is 0 Å². The first-order chi connectivity index (χ1) is 12.4. The lowest BCUT2D eigenvalue weighted by atomic mass is 9.99. The molecule has 26 heavy (non-hydrogen) atoms. The molecule has 1 aromatic rings. The Morgan fingerprint density at radius 1 is 1.27 bits per heavy atom. The second-order valence-electron chi connectivity index (χ2n) is 7.33. The number of amides is 1. The van der Waals surface area contributed by atoms with E-state index in [2.05, 4.69) is 16.8 Å². The maximum Gasteiger partial charge on any atom is 0.255 e. The highest BCUT2D eigenvalue weighted by atomic mass is 32.2. The summed E-state index contributed by atoms with van der Waals surface area (Å²) in [5.41, 5.74) is 1.55. The van der Waals surface area contributed by atoms with Gasteiger partial charge >= 0.3 is 0 Å². The van der Waals surface area contributed by atoms with E-state index in [0.29, 0.717) is 24.6 Å². The smallest absolute Gasteiger partial charge is 0.255 e. The molecule has 1 amide bonds.